The second-order valence-electron chi connectivity index (χ2n) is 11.4. The van der Waals surface area contributed by atoms with Crippen molar-refractivity contribution in [3.8, 4) is 28.3 Å². The Hall–Kier alpha value is -5.78. The molecule has 4 aromatic heterocycles. The Balaban J connectivity index is 1.18. The van der Waals surface area contributed by atoms with Gasteiger partial charge in [0.2, 0.25) is 0 Å². The Kier molecular flexibility index (Phi) is 5.12. The van der Waals surface area contributed by atoms with Crippen molar-refractivity contribution in [3.05, 3.63) is 140 Å². The molecule has 0 aliphatic heterocycles. The Morgan fingerprint density at radius 2 is 1.24 bits per heavy atom. The molecule has 0 radical (unpaired) electrons. The normalized spacial score (nSPS) is 12.0. The number of rotatable bonds is 3. The van der Waals surface area contributed by atoms with Crippen LogP contribution in [0.5, 0.6) is 0 Å². The largest absolute Gasteiger partial charge is 0.452 e. The van der Waals surface area contributed by atoms with E-state index in [9.17, 15) is 0 Å². The predicted molar refractivity (Wildman–Crippen MR) is 187 cm³/mol. The minimum Gasteiger partial charge on any atom is -0.452 e. The number of thiophene rings is 1. The number of hydrogen-bond acceptors (Lipinski definition) is 4. The fraction of sp³-hybridized carbons (Fsp3) is 0. The van der Waals surface area contributed by atoms with Gasteiger partial charge in [-0.3, -0.25) is 0 Å². The molecular formula is C40H23N3OS. The van der Waals surface area contributed by atoms with Crippen molar-refractivity contribution in [2.45, 2.75) is 0 Å². The van der Waals surface area contributed by atoms with Crippen LogP contribution in [0.1, 0.15) is 0 Å². The van der Waals surface area contributed by atoms with Crippen LogP contribution in [0.25, 0.3) is 92.4 Å². The predicted octanol–water partition coefficient (Wildman–Crippen LogP) is 11.2. The molecule has 0 fully saturated rings. The number of hydrogen-bond donors (Lipinski definition) is 0. The molecule has 0 N–H and O–H groups in total. The molecule has 0 spiro atoms. The van der Waals surface area contributed by atoms with E-state index >= 15 is 0 Å². The van der Waals surface area contributed by atoms with Crippen molar-refractivity contribution in [2.75, 3.05) is 0 Å². The van der Waals surface area contributed by atoms with Crippen LogP contribution in [0.3, 0.4) is 0 Å². The van der Waals surface area contributed by atoms with Crippen LogP contribution >= 0.6 is 11.3 Å². The molecule has 0 amide bonds. The van der Waals surface area contributed by atoms with E-state index in [1.54, 1.807) is 0 Å². The summed E-state index contributed by atoms with van der Waals surface area (Å²) in [5, 5.41) is 6.20. The van der Waals surface area contributed by atoms with Gasteiger partial charge in [-0.1, -0.05) is 78.9 Å². The molecule has 0 bridgehead atoms. The summed E-state index contributed by atoms with van der Waals surface area (Å²) in [6.45, 7) is 0. The zero-order valence-electron chi connectivity index (χ0n) is 23.9. The lowest BCUT2D eigenvalue weighted by Crippen LogP contribution is -1.96. The molecule has 0 saturated heterocycles. The molecule has 0 atom stereocenters. The fourth-order valence-corrected chi connectivity index (χ4v) is 7.94. The molecule has 0 saturated carbocycles. The summed E-state index contributed by atoms with van der Waals surface area (Å²) in [5.41, 5.74) is 8.59. The third-order valence-corrected chi connectivity index (χ3v) is 9.96. The SMILES string of the molecule is c1ccc(-c2nc(-c3ccc(-n4c5ccccc5c5c6c(ccc54)sc4ccccc46)cc3)nc3c2oc2ccccc23)cc1. The molecule has 0 aliphatic carbocycles. The Bertz CT molecular complexity index is 2750. The molecule has 210 valence electrons. The van der Waals surface area contributed by atoms with Crippen LogP contribution in [-0.4, -0.2) is 14.5 Å². The number of nitrogens with zero attached hydrogens (tertiary/aromatic N) is 3. The lowest BCUT2D eigenvalue weighted by Gasteiger charge is -2.10. The van der Waals surface area contributed by atoms with E-state index in [1.165, 1.54) is 42.0 Å². The maximum Gasteiger partial charge on any atom is 0.180 e. The Morgan fingerprint density at radius 1 is 0.511 bits per heavy atom. The van der Waals surface area contributed by atoms with Gasteiger partial charge in [0.1, 0.15) is 16.8 Å². The number of fused-ring (bicyclic) bond motifs is 10. The number of furan rings is 1. The summed E-state index contributed by atoms with van der Waals surface area (Å²) in [6.07, 6.45) is 0. The lowest BCUT2D eigenvalue weighted by molar-refractivity contribution is 0.667. The van der Waals surface area contributed by atoms with E-state index in [2.05, 4.69) is 108 Å². The Morgan fingerprint density at radius 3 is 2.11 bits per heavy atom. The Labute approximate surface area is 261 Å². The average molecular weight is 594 g/mol. The third-order valence-electron chi connectivity index (χ3n) is 8.83. The van der Waals surface area contributed by atoms with E-state index in [0.717, 1.165) is 39.0 Å². The highest BCUT2D eigenvalue weighted by molar-refractivity contribution is 7.26. The number of aromatic nitrogens is 3. The second kappa shape index (κ2) is 9.36. The first-order valence-electron chi connectivity index (χ1n) is 15.0. The summed E-state index contributed by atoms with van der Waals surface area (Å²) >= 11 is 1.86. The number of para-hydroxylation sites is 2. The topological polar surface area (TPSA) is 43.9 Å². The minimum absolute atomic E-state index is 0.674. The first kappa shape index (κ1) is 24.6. The van der Waals surface area contributed by atoms with Gasteiger partial charge in [0, 0.05) is 53.1 Å². The van der Waals surface area contributed by atoms with Gasteiger partial charge in [-0.25, -0.2) is 9.97 Å². The lowest BCUT2D eigenvalue weighted by atomic mass is 10.1. The van der Waals surface area contributed by atoms with Gasteiger partial charge < -0.3 is 8.98 Å². The van der Waals surface area contributed by atoms with Crippen molar-refractivity contribution in [3.63, 3.8) is 0 Å². The molecule has 10 rings (SSSR count). The third kappa shape index (κ3) is 3.59. The van der Waals surface area contributed by atoms with Crippen LogP contribution in [0, 0.1) is 0 Å². The molecular weight excluding hydrogens is 571 g/mol. The van der Waals surface area contributed by atoms with Gasteiger partial charge in [-0.2, -0.15) is 0 Å². The molecule has 0 unspecified atom stereocenters. The van der Waals surface area contributed by atoms with E-state index in [-0.39, 0.29) is 0 Å². The summed E-state index contributed by atoms with van der Waals surface area (Å²) in [5.74, 6) is 0.674. The van der Waals surface area contributed by atoms with Crippen molar-refractivity contribution < 1.29 is 4.42 Å². The summed E-state index contributed by atoms with van der Waals surface area (Å²) in [6, 6.07) is 48.9. The van der Waals surface area contributed by atoms with Crippen LogP contribution in [0.15, 0.2) is 144 Å². The van der Waals surface area contributed by atoms with E-state index in [1.807, 2.05) is 47.7 Å². The monoisotopic (exact) mass is 593 g/mol. The van der Waals surface area contributed by atoms with E-state index in [0.29, 0.717) is 11.4 Å². The molecule has 6 aromatic carbocycles. The molecule has 4 nitrogen and oxygen atoms in total. The quantitative estimate of drug-likeness (QED) is 0.205. The zero-order chi connectivity index (χ0) is 29.5. The summed E-state index contributed by atoms with van der Waals surface area (Å²) in [4.78, 5) is 10.1. The first-order valence-corrected chi connectivity index (χ1v) is 15.8. The maximum absolute atomic E-state index is 6.30. The highest BCUT2D eigenvalue weighted by Crippen LogP contribution is 2.43. The molecule has 0 aliphatic rings. The van der Waals surface area contributed by atoms with Crippen molar-refractivity contribution in [1.82, 2.24) is 14.5 Å². The van der Waals surface area contributed by atoms with Crippen molar-refractivity contribution in [2.24, 2.45) is 0 Å². The smallest absolute Gasteiger partial charge is 0.180 e. The summed E-state index contributed by atoms with van der Waals surface area (Å²) < 4.78 is 11.3. The van der Waals surface area contributed by atoms with E-state index < -0.39 is 0 Å². The van der Waals surface area contributed by atoms with Gasteiger partial charge in [-0.05, 0) is 60.7 Å². The van der Waals surface area contributed by atoms with Crippen molar-refractivity contribution in [1.29, 1.82) is 0 Å². The van der Waals surface area contributed by atoms with Crippen molar-refractivity contribution >= 4 is 75.4 Å². The standard InChI is InChI=1S/C40H23N3OS/c1-2-10-24(11-3-1)37-39-38(28-13-5-8-16-32(28)44-39)42-40(41-37)25-18-20-26(21-19-25)43-30-15-7-4-12-27(30)35-31(43)22-23-34-36(35)29-14-6-9-17-33(29)45-34/h1-23H. The van der Waals surface area contributed by atoms with Crippen LogP contribution in [-0.2, 0) is 0 Å². The maximum atomic E-state index is 6.30. The highest BCUT2D eigenvalue weighted by Gasteiger charge is 2.20. The van der Waals surface area contributed by atoms with Crippen LogP contribution < -0.4 is 0 Å². The highest BCUT2D eigenvalue weighted by atomic mass is 32.1. The minimum atomic E-state index is 0.674. The van der Waals surface area contributed by atoms with Gasteiger partial charge in [0.25, 0.3) is 0 Å². The van der Waals surface area contributed by atoms with Gasteiger partial charge in [0.05, 0.1) is 11.0 Å². The second-order valence-corrected chi connectivity index (χ2v) is 12.5. The van der Waals surface area contributed by atoms with E-state index in [4.69, 9.17) is 14.4 Å². The first-order chi connectivity index (χ1) is 22.3. The molecule has 45 heavy (non-hydrogen) atoms. The summed E-state index contributed by atoms with van der Waals surface area (Å²) in [7, 11) is 0. The fourth-order valence-electron chi connectivity index (χ4n) is 6.82. The average Bonchev–Trinajstić information content (AvgIpc) is 3.78. The van der Waals surface area contributed by atoms with Crippen LogP contribution in [0.2, 0.25) is 0 Å². The van der Waals surface area contributed by atoms with Crippen LogP contribution in [0.4, 0.5) is 0 Å². The van der Waals surface area contributed by atoms with Gasteiger partial charge in [0.15, 0.2) is 11.4 Å². The van der Waals surface area contributed by atoms with Gasteiger partial charge in [-0.15, -0.1) is 11.3 Å². The molecule has 4 heterocycles. The van der Waals surface area contributed by atoms with Gasteiger partial charge >= 0.3 is 0 Å². The zero-order valence-corrected chi connectivity index (χ0v) is 24.8. The molecule has 5 heteroatoms. The molecule has 10 aromatic rings. The number of benzene rings is 6.